The molecule has 4 aromatic rings. The summed E-state index contributed by atoms with van der Waals surface area (Å²) in [6.07, 6.45) is 0.567. The van der Waals surface area contributed by atoms with E-state index in [1.54, 1.807) is 37.4 Å². The Morgan fingerprint density at radius 2 is 1.59 bits per heavy atom. The van der Waals surface area contributed by atoms with Crippen molar-refractivity contribution in [2.45, 2.75) is 11.3 Å². The first kappa shape index (κ1) is 19.0. The first-order valence-electron chi connectivity index (χ1n) is 9.18. The standard InChI is InChI=1S/C22H20N2O4S/c1-23-20-13-12-19(16-21(20)28-22(23)25)29(26,27)24(18-10-6-3-7-11-18)15-14-17-8-4-2-5-9-17/h2-13,16H,14-15H2,1H3. The Balaban J connectivity index is 1.75. The van der Waals surface area contributed by atoms with Crippen LogP contribution in [-0.2, 0) is 23.5 Å². The Labute approximate surface area is 168 Å². The maximum Gasteiger partial charge on any atom is 0.419 e. The van der Waals surface area contributed by atoms with E-state index < -0.39 is 15.8 Å². The number of hydrogen-bond donors (Lipinski definition) is 0. The molecular weight excluding hydrogens is 388 g/mol. The summed E-state index contributed by atoms with van der Waals surface area (Å²) in [5, 5.41) is 0. The summed E-state index contributed by atoms with van der Waals surface area (Å²) in [5.41, 5.74) is 2.42. The average Bonchev–Trinajstić information content (AvgIpc) is 3.03. The fraction of sp³-hybridized carbons (Fsp3) is 0.136. The van der Waals surface area contributed by atoms with Gasteiger partial charge in [-0.3, -0.25) is 8.87 Å². The quantitative estimate of drug-likeness (QED) is 0.489. The van der Waals surface area contributed by atoms with Gasteiger partial charge in [-0.15, -0.1) is 0 Å². The number of para-hydroxylation sites is 1. The Hall–Kier alpha value is -3.32. The van der Waals surface area contributed by atoms with Gasteiger partial charge in [0.25, 0.3) is 10.0 Å². The van der Waals surface area contributed by atoms with Crippen LogP contribution >= 0.6 is 0 Å². The van der Waals surface area contributed by atoms with Crippen molar-refractivity contribution in [3.8, 4) is 0 Å². The number of aryl methyl sites for hydroxylation is 1. The van der Waals surface area contributed by atoms with Gasteiger partial charge >= 0.3 is 5.76 Å². The third-order valence-electron chi connectivity index (χ3n) is 4.84. The minimum Gasteiger partial charge on any atom is -0.408 e. The smallest absolute Gasteiger partial charge is 0.408 e. The number of anilines is 1. The molecule has 0 aliphatic rings. The molecule has 0 N–H and O–H groups in total. The maximum absolute atomic E-state index is 13.5. The summed E-state index contributed by atoms with van der Waals surface area (Å²) in [4.78, 5) is 11.8. The monoisotopic (exact) mass is 408 g/mol. The fourth-order valence-electron chi connectivity index (χ4n) is 3.26. The van der Waals surface area contributed by atoms with E-state index in [9.17, 15) is 13.2 Å². The molecule has 1 heterocycles. The molecule has 7 heteroatoms. The zero-order valence-corrected chi connectivity index (χ0v) is 16.7. The molecule has 0 unspecified atom stereocenters. The van der Waals surface area contributed by atoms with Gasteiger partial charge in [0.15, 0.2) is 5.58 Å². The molecule has 0 amide bonds. The number of hydrogen-bond acceptors (Lipinski definition) is 4. The van der Waals surface area contributed by atoms with Gasteiger partial charge in [0.05, 0.1) is 16.1 Å². The summed E-state index contributed by atoms with van der Waals surface area (Å²) in [7, 11) is -2.28. The van der Waals surface area contributed by atoms with Gasteiger partial charge in [0, 0.05) is 19.7 Å². The summed E-state index contributed by atoms with van der Waals surface area (Å²) >= 11 is 0. The van der Waals surface area contributed by atoms with Gasteiger partial charge in [0.1, 0.15) is 0 Å². The Morgan fingerprint density at radius 3 is 2.28 bits per heavy atom. The molecule has 0 radical (unpaired) electrons. The highest BCUT2D eigenvalue weighted by molar-refractivity contribution is 7.92. The lowest BCUT2D eigenvalue weighted by Crippen LogP contribution is -2.33. The van der Waals surface area contributed by atoms with Crippen LogP contribution in [0.3, 0.4) is 0 Å². The highest BCUT2D eigenvalue weighted by Gasteiger charge is 2.26. The van der Waals surface area contributed by atoms with E-state index in [1.165, 1.54) is 21.0 Å². The summed E-state index contributed by atoms with van der Waals surface area (Å²) in [5.74, 6) is -0.529. The van der Waals surface area contributed by atoms with Crippen molar-refractivity contribution in [3.63, 3.8) is 0 Å². The second kappa shape index (κ2) is 7.60. The number of fused-ring (bicyclic) bond motifs is 1. The van der Waals surface area contributed by atoms with E-state index in [0.717, 1.165) is 5.56 Å². The number of rotatable bonds is 6. The van der Waals surface area contributed by atoms with Gasteiger partial charge in [0.2, 0.25) is 0 Å². The largest absolute Gasteiger partial charge is 0.419 e. The predicted octanol–water partition coefficient (Wildman–Crippen LogP) is 3.57. The van der Waals surface area contributed by atoms with Crippen molar-refractivity contribution >= 4 is 26.8 Å². The van der Waals surface area contributed by atoms with Crippen molar-refractivity contribution in [2.24, 2.45) is 7.05 Å². The van der Waals surface area contributed by atoms with Crippen molar-refractivity contribution in [3.05, 3.63) is 95.0 Å². The minimum atomic E-state index is -3.86. The van der Waals surface area contributed by atoms with Crippen LogP contribution in [0, 0.1) is 0 Å². The molecule has 148 valence electrons. The van der Waals surface area contributed by atoms with Crippen LogP contribution in [0.2, 0.25) is 0 Å². The van der Waals surface area contributed by atoms with Crippen molar-refractivity contribution in [1.29, 1.82) is 0 Å². The van der Waals surface area contributed by atoms with E-state index in [2.05, 4.69) is 0 Å². The highest BCUT2D eigenvalue weighted by Crippen LogP contribution is 2.26. The zero-order valence-electron chi connectivity index (χ0n) is 15.9. The van der Waals surface area contributed by atoms with Gasteiger partial charge < -0.3 is 4.42 Å². The zero-order chi connectivity index (χ0) is 20.4. The lowest BCUT2D eigenvalue weighted by atomic mass is 10.1. The van der Waals surface area contributed by atoms with Gasteiger partial charge in [-0.05, 0) is 36.2 Å². The molecule has 0 spiro atoms. The molecule has 0 aliphatic heterocycles. The van der Waals surface area contributed by atoms with Gasteiger partial charge in [-0.1, -0.05) is 48.5 Å². The van der Waals surface area contributed by atoms with Crippen LogP contribution < -0.4 is 10.1 Å². The molecule has 29 heavy (non-hydrogen) atoms. The lowest BCUT2D eigenvalue weighted by Gasteiger charge is -2.24. The first-order valence-corrected chi connectivity index (χ1v) is 10.6. The minimum absolute atomic E-state index is 0.0799. The van der Waals surface area contributed by atoms with Crippen molar-refractivity contribution in [1.82, 2.24) is 4.57 Å². The lowest BCUT2D eigenvalue weighted by molar-refractivity contribution is 0.527. The molecule has 1 aromatic heterocycles. The second-order valence-electron chi connectivity index (χ2n) is 6.70. The van der Waals surface area contributed by atoms with Crippen LogP contribution in [0.1, 0.15) is 5.56 Å². The molecule has 0 bridgehead atoms. The molecule has 3 aromatic carbocycles. The van der Waals surface area contributed by atoms with E-state index >= 15 is 0 Å². The summed E-state index contributed by atoms with van der Waals surface area (Å²) in [6.45, 7) is 0.285. The molecule has 0 saturated heterocycles. The molecule has 6 nitrogen and oxygen atoms in total. The molecule has 0 saturated carbocycles. The Bertz CT molecular complexity index is 1290. The third-order valence-corrected chi connectivity index (χ3v) is 6.67. The van der Waals surface area contributed by atoms with Gasteiger partial charge in [-0.2, -0.15) is 0 Å². The summed E-state index contributed by atoms with van der Waals surface area (Å²) in [6, 6.07) is 23.2. The third kappa shape index (κ3) is 3.69. The SMILES string of the molecule is Cn1c(=O)oc2cc(S(=O)(=O)N(CCc3ccccc3)c3ccccc3)ccc21. The molecule has 4 rings (SSSR count). The number of nitrogens with zero attached hydrogens (tertiary/aromatic N) is 2. The first-order chi connectivity index (χ1) is 14.0. The van der Waals surface area contributed by atoms with Gasteiger partial charge in [-0.25, -0.2) is 13.2 Å². The van der Waals surface area contributed by atoms with Crippen LogP contribution in [0.5, 0.6) is 0 Å². The van der Waals surface area contributed by atoms with Crippen molar-refractivity contribution in [2.75, 3.05) is 10.8 Å². The second-order valence-corrected chi connectivity index (χ2v) is 8.57. The van der Waals surface area contributed by atoms with E-state index in [-0.39, 0.29) is 17.0 Å². The molecule has 0 aliphatic carbocycles. The Kier molecular flexibility index (Phi) is 4.98. The average molecular weight is 408 g/mol. The van der Waals surface area contributed by atoms with E-state index in [4.69, 9.17) is 4.42 Å². The van der Waals surface area contributed by atoms with Crippen LogP contribution in [0.4, 0.5) is 5.69 Å². The summed E-state index contributed by atoms with van der Waals surface area (Å²) < 4.78 is 34.9. The topological polar surface area (TPSA) is 72.5 Å². The normalized spacial score (nSPS) is 11.6. The fourth-order valence-corrected chi connectivity index (χ4v) is 4.74. The number of aromatic nitrogens is 1. The number of benzene rings is 3. The highest BCUT2D eigenvalue weighted by atomic mass is 32.2. The number of oxazole rings is 1. The Morgan fingerprint density at radius 1 is 0.931 bits per heavy atom. The maximum atomic E-state index is 13.5. The molecule has 0 fully saturated rings. The van der Waals surface area contributed by atoms with Crippen LogP contribution in [-0.4, -0.2) is 19.5 Å². The predicted molar refractivity (Wildman–Crippen MR) is 113 cm³/mol. The molecular formula is C22H20N2O4S. The van der Waals surface area contributed by atoms with E-state index in [1.807, 2.05) is 36.4 Å². The van der Waals surface area contributed by atoms with Crippen LogP contribution in [0.25, 0.3) is 11.1 Å². The molecule has 0 atom stereocenters. The van der Waals surface area contributed by atoms with Crippen LogP contribution in [0.15, 0.2) is 93.0 Å². The van der Waals surface area contributed by atoms with E-state index in [0.29, 0.717) is 17.6 Å². The van der Waals surface area contributed by atoms with Crippen molar-refractivity contribution < 1.29 is 12.8 Å². The number of sulfonamides is 1.